The van der Waals surface area contributed by atoms with E-state index < -0.39 is 0 Å². The average Bonchev–Trinajstić information content (AvgIpc) is 2.66. The molecule has 0 aliphatic heterocycles. The van der Waals surface area contributed by atoms with Crippen LogP contribution in [0.4, 0.5) is 11.4 Å². The Bertz CT molecular complexity index is 817. The molecule has 3 N–H and O–H groups in total. The van der Waals surface area contributed by atoms with Crippen molar-refractivity contribution in [3.05, 3.63) is 59.7 Å². The van der Waals surface area contributed by atoms with Crippen molar-refractivity contribution in [3.8, 4) is 0 Å². The van der Waals surface area contributed by atoms with Crippen molar-refractivity contribution in [2.75, 3.05) is 38.0 Å². The number of nitrogens with zero attached hydrogens (tertiary/aromatic N) is 2. The highest BCUT2D eigenvalue weighted by atomic mass is 32.1. The molecule has 2 aromatic carbocycles. The summed E-state index contributed by atoms with van der Waals surface area (Å²) >= 11 is 5.05. The third-order valence-electron chi connectivity index (χ3n) is 3.81. The molecule has 0 fully saturated rings. The van der Waals surface area contributed by atoms with E-state index in [1.807, 2.05) is 62.3 Å². The van der Waals surface area contributed by atoms with Crippen LogP contribution in [-0.4, -0.2) is 45.1 Å². The standard InChI is InChI=1S/C19H23N5O2S/c1-23(2)15-9-5-13(6-10-15)17(25)20-19(27)22-21-18(26)14-7-11-16(12-8-14)24(3)4/h5-12H,1-4H3,(H,21,26)(H2,20,22,25,27). The van der Waals surface area contributed by atoms with E-state index in [1.165, 1.54) is 0 Å². The molecule has 0 aliphatic rings. The Hall–Kier alpha value is -3.13. The molecular weight excluding hydrogens is 362 g/mol. The Balaban J connectivity index is 1.86. The third-order valence-corrected chi connectivity index (χ3v) is 4.01. The molecule has 0 heterocycles. The van der Waals surface area contributed by atoms with Gasteiger partial charge in [0, 0.05) is 50.7 Å². The SMILES string of the molecule is CN(C)c1ccc(C(=O)NNC(=S)NC(=O)c2ccc(N(C)C)cc2)cc1. The van der Waals surface area contributed by atoms with E-state index in [0.717, 1.165) is 11.4 Å². The van der Waals surface area contributed by atoms with E-state index in [4.69, 9.17) is 12.2 Å². The van der Waals surface area contributed by atoms with Crippen molar-refractivity contribution >= 4 is 40.5 Å². The number of amides is 2. The Labute approximate surface area is 164 Å². The van der Waals surface area contributed by atoms with Gasteiger partial charge in [0.1, 0.15) is 0 Å². The topological polar surface area (TPSA) is 76.7 Å². The first kappa shape index (κ1) is 20.2. The second-order valence-corrected chi connectivity index (χ2v) is 6.65. The summed E-state index contributed by atoms with van der Waals surface area (Å²) in [5.41, 5.74) is 7.91. The van der Waals surface area contributed by atoms with Crippen molar-refractivity contribution < 1.29 is 9.59 Å². The largest absolute Gasteiger partial charge is 0.378 e. The summed E-state index contributed by atoms with van der Waals surface area (Å²) in [5.74, 6) is -0.713. The lowest BCUT2D eigenvalue weighted by Gasteiger charge is -2.14. The van der Waals surface area contributed by atoms with E-state index in [1.54, 1.807) is 24.3 Å². The lowest BCUT2D eigenvalue weighted by Crippen LogP contribution is -2.48. The molecule has 142 valence electrons. The first-order chi connectivity index (χ1) is 12.8. The van der Waals surface area contributed by atoms with Crippen LogP contribution in [0.2, 0.25) is 0 Å². The highest BCUT2D eigenvalue weighted by Gasteiger charge is 2.10. The van der Waals surface area contributed by atoms with Gasteiger partial charge in [-0.25, -0.2) is 0 Å². The maximum Gasteiger partial charge on any atom is 0.269 e. The van der Waals surface area contributed by atoms with Crippen LogP contribution in [0.15, 0.2) is 48.5 Å². The van der Waals surface area contributed by atoms with Crippen LogP contribution in [-0.2, 0) is 0 Å². The number of hydrazine groups is 1. The molecule has 0 aliphatic carbocycles. The van der Waals surface area contributed by atoms with Crippen LogP contribution in [0, 0.1) is 0 Å². The van der Waals surface area contributed by atoms with Gasteiger partial charge in [-0.05, 0) is 60.7 Å². The second kappa shape index (κ2) is 9.00. The van der Waals surface area contributed by atoms with Gasteiger partial charge in [0.05, 0.1) is 0 Å². The van der Waals surface area contributed by atoms with Crippen molar-refractivity contribution in [2.24, 2.45) is 0 Å². The number of thiocarbonyl (C=S) groups is 1. The van der Waals surface area contributed by atoms with Crippen LogP contribution >= 0.6 is 12.2 Å². The van der Waals surface area contributed by atoms with Crippen molar-refractivity contribution in [1.82, 2.24) is 16.2 Å². The molecule has 2 aromatic rings. The van der Waals surface area contributed by atoms with E-state index in [0.29, 0.717) is 11.1 Å². The van der Waals surface area contributed by atoms with Crippen LogP contribution in [0.3, 0.4) is 0 Å². The minimum absolute atomic E-state index is 0.00921. The van der Waals surface area contributed by atoms with Gasteiger partial charge in [-0.2, -0.15) is 0 Å². The zero-order valence-electron chi connectivity index (χ0n) is 15.7. The molecule has 8 heteroatoms. The minimum Gasteiger partial charge on any atom is -0.378 e. The number of carbonyl (C=O) groups excluding carboxylic acids is 2. The Morgan fingerprint density at radius 1 is 0.704 bits per heavy atom. The predicted octanol–water partition coefficient (Wildman–Crippen LogP) is 1.77. The molecule has 0 atom stereocenters. The van der Waals surface area contributed by atoms with E-state index in [-0.39, 0.29) is 16.9 Å². The molecule has 2 rings (SSSR count). The number of anilines is 2. The number of carbonyl (C=O) groups is 2. The maximum absolute atomic E-state index is 12.2. The van der Waals surface area contributed by atoms with Gasteiger partial charge < -0.3 is 9.80 Å². The zero-order chi connectivity index (χ0) is 20.0. The fourth-order valence-electron chi connectivity index (χ4n) is 2.21. The normalized spacial score (nSPS) is 9.93. The lowest BCUT2D eigenvalue weighted by atomic mass is 10.2. The van der Waals surface area contributed by atoms with Gasteiger partial charge in [0.25, 0.3) is 11.8 Å². The molecule has 7 nitrogen and oxygen atoms in total. The van der Waals surface area contributed by atoms with Gasteiger partial charge in [-0.3, -0.25) is 25.8 Å². The zero-order valence-corrected chi connectivity index (χ0v) is 16.6. The summed E-state index contributed by atoms with van der Waals surface area (Å²) in [7, 11) is 7.69. The van der Waals surface area contributed by atoms with E-state index in [2.05, 4.69) is 16.2 Å². The monoisotopic (exact) mass is 385 g/mol. The molecule has 27 heavy (non-hydrogen) atoms. The van der Waals surface area contributed by atoms with Gasteiger partial charge in [0.2, 0.25) is 0 Å². The number of rotatable bonds is 4. The Morgan fingerprint density at radius 3 is 1.52 bits per heavy atom. The number of nitrogens with one attached hydrogen (secondary N) is 3. The first-order valence-electron chi connectivity index (χ1n) is 8.24. The van der Waals surface area contributed by atoms with Crippen LogP contribution in [0.5, 0.6) is 0 Å². The van der Waals surface area contributed by atoms with Gasteiger partial charge >= 0.3 is 0 Å². The lowest BCUT2D eigenvalue weighted by molar-refractivity contribution is 0.0934. The van der Waals surface area contributed by atoms with Crippen molar-refractivity contribution in [1.29, 1.82) is 0 Å². The molecule has 0 saturated carbocycles. The summed E-state index contributed by atoms with van der Waals surface area (Å²) < 4.78 is 0. The molecular formula is C19H23N5O2S. The summed E-state index contributed by atoms with van der Waals surface area (Å²) in [4.78, 5) is 28.2. The smallest absolute Gasteiger partial charge is 0.269 e. The van der Waals surface area contributed by atoms with Gasteiger partial charge in [-0.15, -0.1) is 0 Å². The molecule has 0 saturated heterocycles. The highest BCUT2D eigenvalue weighted by molar-refractivity contribution is 7.80. The highest BCUT2D eigenvalue weighted by Crippen LogP contribution is 2.12. The van der Waals surface area contributed by atoms with E-state index >= 15 is 0 Å². The second-order valence-electron chi connectivity index (χ2n) is 6.24. The van der Waals surface area contributed by atoms with E-state index in [9.17, 15) is 9.59 Å². The van der Waals surface area contributed by atoms with Crippen LogP contribution in [0.1, 0.15) is 20.7 Å². The summed E-state index contributed by atoms with van der Waals surface area (Å²) in [6.45, 7) is 0. The Kier molecular flexibility index (Phi) is 6.73. The molecule has 0 spiro atoms. The fourth-order valence-corrected chi connectivity index (χ4v) is 2.36. The van der Waals surface area contributed by atoms with Crippen LogP contribution < -0.4 is 26.0 Å². The third kappa shape index (κ3) is 5.68. The van der Waals surface area contributed by atoms with Crippen molar-refractivity contribution in [2.45, 2.75) is 0 Å². The first-order valence-corrected chi connectivity index (χ1v) is 8.65. The summed E-state index contributed by atoms with van der Waals surface area (Å²) in [6.07, 6.45) is 0. The predicted molar refractivity (Wildman–Crippen MR) is 112 cm³/mol. The molecule has 0 unspecified atom stereocenters. The number of benzene rings is 2. The maximum atomic E-state index is 12.2. The molecule has 0 aromatic heterocycles. The number of hydrogen-bond donors (Lipinski definition) is 3. The Morgan fingerprint density at radius 2 is 1.11 bits per heavy atom. The molecule has 0 radical (unpaired) electrons. The quantitative estimate of drug-likeness (QED) is 0.550. The van der Waals surface area contributed by atoms with Crippen LogP contribution in [0.25, 0.3) is 0 Å². The van der Waals surface area contributed by atoms with Gasteiger partial charge in [-0.1, -0.05) is 0 Å². The van der Waals surface area contributed by atoms with Crippen molar-refractivity contribution in [3.63, 3.8) is 0 Å². The fraction of sp³-hybridized carbons (Fsp3) is 0.211. The van der Waals surface area contributed by atoms with Gasteiger partial charge in [0.15, 0.2) is 5.11 Å². The minimum atomic E-state index is -0.359. The molecule has 2 amide bonds. The number of hydrogen-bond acceptors (Lipinski definition) is 5. The summed E-state index contributed by atoms with van der Waals surface area (Å²) in [6, 6.07) is 14.2. The summed E-state index contributed by atoms with van der Waals surface area (Å²) in [5, 5.41) is 2.53. The average molecular weight is 385 g/mol. The molecule has 0 bridgehead atoms.